The molecule has 2 bridgehead atoms. The molecule has 0 amide bonds. The molecular formula is C13H14O3. The van der Waals surface area contributed by atoms with Crippen molar-refractivity contribution in [2.45, 2.75) is 31.8 Å². The van der Waals surface area contributed by atoms with Gasteiger partial charge in [-0.2, -0.15) is 0 Å². The van der Waals surface area contributed by atoms with E-state index in [9.17, 15) is 5.11 Å². The number of aliphatic hydroxyl groups is 1. The third-order valence-corrected chi connectivity index (χ3v) is 3.29. The summed E-state index contributed by atoms with van der Waals surface area (Å²) in [6.45, 7) is 3.91. The Labute approximate surface area is 94.3 Å². The van der Waals surface area contributed by atoms with Crippen molar-refractivity contribution < 1.29 is 14.6 Å². The molecule has 3 rings (SSSR count). The maximum absolute atomic E-state index is 10.1. The summed E-state index contributed by atoms with van der Waals surface area (Å²) < 4.78 is 11.4. The molecule has 2 heterocycles. The molecule has 2 aliphatic rings. The predicted octanol–water partition coefficient (Wildman–Crippen LogP) is 1.88. The number of rotatable bonds is 0. The molecule has 3 heteroatoms. The number of ether oxygens (including phenoxy) is 2. The van der Waals surface area contributed by atoms with Gasteiger partial charge in [0, 0.05) is 5.56 Å². The van der Waals surface area contributed by atoms with E-state index in [1.54, 1.807) is 12.2 Å². The molecule has 0 aliphatic carbocycles. The Morgan fingerprint density at radius 3 is 2.94 bits per heavy atom. The Kier molecular flexibility index (Phi) is 1.91. The van der Waals surface area contributed by atoms with Crippen molar-refractivity contribution in [3.05, 3.63) is 41.5 Å². The molecule has 0 saturated carbocycles. The third-order valence-electron chi connectivity index (χ3n) is 3.29. The molecule has 84 valence electrons. The quantitative estimate of drug-likeness (QED) is 0.676. The molecule has 0 fully saturated rings. The van der Waals surface area contributed by atoms with Gasteiger partial charge in [0.25, 0.3) is 0 Å². The highest BCUT2D eigenvalue weighted by molar-refractivity contribution is 5.44. The SMILES string of the molecule is Cc1ccc2c(c1)[C@@]1(C)O[C@@H](C=C[C@H]1O)O2. The van der Waals surface area contributed by atoms with E-state index in [0.717, 1.165) is 16.9 Å². The Bertz CT molecular complexity index is 466. The molecule has 1 aromatic carbocycles. The van der Waals surface area contributed by atoms with Crippen LogP contribution in [0.15, 0.2) is 30.4 Å². The highest BCUT2D eigenvalue weighted by atomic mass is 16.7. The molecule has 0 aromatic heterocycles. The van der Waals surface area contributed by atoms with E-state index in [-0.39, 0.29) is 6.29 Å². The van der Waals surface area contributed by atoms with E-state index >= 15 is 0 Å². The summed E-state index contributed by atoms with van der Waals surface area (Å²) in [6, 6.07) is 5.94. The smallest absolute Gasteiger partial charge is 0.220 e. The van der Waals surface area contributed by atoms with Gasteiger partial charge in [0.15, 0.2) is 0 Å². The van der Waals surface area contributed by atoms with Crippen LogP contribution >= 0.6 is 0 Å². The Hall–Kier alpha value is -1.32. The molecular weight excluding hydrogens is 204 g/mol. The zero-order chi connectivity index (χ0) is 11.3. The van der Waals surface area contributed by atoms with Gasteiger partial charge in [-0.15, -0.1) is 0 Å². The van der Waals surface area contributed by atoms with Gasteiger partial charge < -0.3 is 14.6 Å². The largest absolute Gasteiger partial charge is 0.461 e. The minimum absolute atomic E-state index is 0.386. The van der Waals surface area contributed by atoms with E-state index in [1.807, 2.05) is 32.0 Å². The van der Waals surface area contributed by atoms with Crippen LogP contribution in [0.1, 0.15) is 18.1 Å². The van der Waals surface area contributed by atoms with Gasteiger partial charge in [-0.25, -0.2) is 0 Å². The van der Waals surface area contributed by atoms with Gasteiger partial charge in [0.05, 0.1) is 0 Å². The summed E-state index contributed by atoms with van der Waals surface area (Å²) in [7, 11) is 0. The first-order valence-electron chi connectivity index (χ1n) is 5.41. The molecule has 2 aliphatic heterocycles. The lowest BCUT2D eigenvalue weighted by Gasteiger charge is -2.44. The molecule has 3 atom stereocenters. The predicted molar refractivity (Wildman–Crippen MR) is 59.2 cm³/mol. The van der Waals surface area contributed by atoms with Crippen LogP contribution in [0.25, 0.3) is 0 Å². The average Bonchev–Trinajstić information content (AvgIpc) is 2.26. The van der Waals surface area contributed by atoms with Crippen molar-refractivity contribution in [3.63, 3.8) is 0 Å². The lowest BCUT2D eigenvalue weighted by atomic mass is 9.85. The zero-order valence-electron chi connectivity index (χ0n) is 9.31. The van der Waals surface area contributed by atoms with Gasteiger partial charge in [0.1, 0.15) is 17.5 Å². The highest BCUT2D eigenvalue weighted by Crippen LogP contribution is 2.44. The van der Waals surface area contributed by atoms with Gasteiger partial charge in [-0.05, 0) is 32.1 Å². The lowest BCUT2D eigenvalue weighted by Crippen LogP contribution is -2.48. The van der Waals surface area contributed by atoms with E-state index in [0.29, 0.717) is 0 Å². The van der Waals surface area contributed by atoms with E-state index in [4.69, 9.17) is 9.47 Å². The molecule has 16 heavy (non-hydrogen) atoms. The van der Waals surface area contributed by atoms with Crippen LogP contribution in [0.4, 0.5) is 0 Å². The van der Waals surface area contributed by atoms with Crippen LogP contribution in [0, 0.1) is 6.92 Å². The van der Waals surface area contributed by atoms with Crippen LogP contribution in [-0.2, 0) is 10.3 Å². The fourth-order valence-electron chi connectivity index (χ4n) is 2.28. The molecule has 1 aromatic rings. The van der Waals surface area contributed by atoms with E-state index in [2.05, 4.69) is 0 Å². The number of aliphatic hydroxyl groups excluding tert-OH is 1. The summed E-state index contributed by atoms with van der Waals surface area (Å²) in [5.41, 5.74) is 1.35. The van der Waals surface area contributed by atoms with Crippen molar-refractivity contribution in [3.8, 4) is 5.75 Å². The fraction of sp³-hybridized carbons (Fsp3) is 0.385. The fourth-order valence-corrected chi connectivity index (χ4v) is 2.28. The summed E-state index contributed by atoms with van der Waals surface area (Å²) in [4.78, 5) is 0. The molecule has 0 saturated heterocycles. The maximum atomic E-state index is 10.1. The number of fused-ring (bicyclic) bond motifs is 4. The van der Waals surface area contributed by atoms with Gasteiger partial charge >= 0.3 is 0 Å². The van der Waals surface area contributed by atoms with E-state index < -0.39 is 11.7 Å². The number of benzene rings is 1. The normalized spacial score (nSPS) is 35.4. The van der Waals surface area contributed by atoms with Crippen LogP contribution in [0.5, 0.6) is 5.75 Å². The Morgan fingerprint density at radius 1 is 1.31 bits per heavy atom. The van der Waals surface area contributed by atoms with Crippen LogP contribution < -0.4 is 4.74 Å². The number of hydrogen-bond donors (Lipinski definition) is 1. The van der Waals surface area contributed by atoms with Gasteiger partial charge in [-0.3, -0.25) is 0 Å². The second-order valence-electron chi connectivity index (χ2n) is 4.54. The van der Waals surface area contributed by atoms with E-state index in [1.165, 1.54) is 0 Å². The topological polar surface area (TPSA) is 38.7 Å². The minimum atomic E-state index is -0.695. The summed E-state index contributed by atoms with van der Waals surface area (Å²) >= 11 is 0. The van der Waals surface area contributed by atoms with Crippen molar-refractivity contribution in [1.29, 1.82) is 0 Å². The summed E-state index contributed by atoms with van der Waals surface area (Å²) in [6.07, 6.45) is 2.46. The molecule has 0 unspecified atom stereocenters. The average molecular weight is 218 g/mol. The highest BCUT2D eigenvalue weighted by Gasteiger charge is 2.45. The monoisotopic (exact) mass is 218 g/mol. The van der Waals surface area contributed by atoms with Crippen LogP contribution in [0.3, 0.4) is 0 Å². The lowest BCUT2D eigenvalue weighted by molar-refractivity contribution is -0.207. The number of aryl methyl sites for hydroxylation is 1. The Balaban J connectivity index is 2.20. The van der Waals surface area contributed by atoms with Gasteiger partial charge in [-0.1, -0.05) is 17.7 Å². The van der Waals surface area contributed by atoms with Crippen LogP contribution in [0.2, 0.25) is 0 Å². The molecule has 0 radical (unpaired) electrons. The van der Waals surface area contributed by atoms with Crippen molar-refractivity contribution in [1.82, 2.24) is 0 Å². The van der Waals surface area contributed by atoms with Crippen molar-refractivity contribution >= 4 is 0 Å². The second kappa shape index (κ2) is 3.09. The summed E-state index contributed by atoms with van der Waals surface area (Å²) in [5.74, 6) is 0.799. The van der Waals surface area contributed by atoms with Crippen molar-refractivity contribution in [2.75, 3.05) is 0 Å². The third kappa shape index (κ3) is 1.22. The second-order valence-corrected chi connectivity index (χ2v) is 4.54. The standard InChI is InChI=1S/C13H14O3/c1-8-3-4-10-9(7-8)13(2)11(14)5-6-12(15-10)16-13/h3-7,11-12,14H,1-2H3/t11-,12+,13-/m1/s1. The molecule has 0 spiro atoms. The molecule has 3 nitrogen and oxygen atoms in total. The minimum Gasteiger partial charge on any atom is -0.461 e. The summed E-state index contributed by atoms with van der Waals surface area (Å²) in [5, 5.41) is 10.1. The van der Waals surface area contributed by atoms with Gasteiger partial charge in [0.2, 0.25) is 6.29 Å². The Morgan fingerprint density at radius 2 is 2.12 bits per heavy atom. The first-order chi connectivity index (χ1) is 7.59. The first kappa shape index (κ1) is 9.87. The maximum Gasteiger partial charge on any atom is 0.220 e. The van der Waals surface area contributed by atoms with Crippen LogP contribution in [-0.4, -0.2) is 17.5 Å². The molecule has 1 N–H and O–H groups in total. The first-order valence-corrected chi connectivity index (χ1v) is 5.41. The van der Waals surface area contributed by atoms with Crippen molar-refractivity contribution in [2.24, 2.45) is 0 Å². The number of hydrogen-bond acceptors (Lipinski definition) is 3. The zero-order valence-corrected chi connectivity index (χ0v) is 9.31.